The zero-order valence-corrected chi connectivity index (χ0v) is 11.6. The van der Waals surface area contributed by atoms with Gasteiger partial charge in [0, 0.05) is 12.1 Å². The van der Waals surface area contributed by atoms with Gasteiger partial charge in [-0.25, -0.2) is 8.78 Å². The molecule has 0 spiro atoms. The Morgan fingerprint density at radius 3 is 2.58 bits per heavy atom. The maximum Gasteiger partial charge on any atom is 0.167 e. The molecule has 2 rings (SSSR count). The third-order valence-electron chi connectivity index (χ3n) is 3.92. The number of benzene rings is 1. The van der Waals surface area contributed by atoms with Crippen LogP contribution in [0.25, 0.3) is 0 Å². The Hall–Kier alpha value is -1.16. The van der Waals surface area contributed by atoms with Gasteiger partial charge in [-0.1, -0.05) is 13.8 Å². The van der Waals surface area contributed by atoms with Crippen molar-refractivity contribution >= 4 is 0 Å². The van der Waals surface area contributed by atoms with E-state index in [2.05, 4.69) is 19.2 Å². The number of hydrogen-bond acceptors (Lipinski definition) is 2. The predicted molar refractivity (Wildman–Crippen MR) is 71.2 cm³/mol. The van der Waals surface area contributed by atoms with E-state index in [4.69, 9.17) is 4.74 Å². The predicted octanol–water partition coefficient (Wildman–Crippen LogP) is 3.37. The number of likely N-dealkylation sites (N-methyl/N-ethyl adjacent to an activating group) is 1. The maximum absolute atomic E-state index is 13.7. The first-order chi connectivity index (χ1) is 9.01. The van der Waals surface area contributed by atoms with E-state index in [9.17, 15) is 8.78 Å². The van der Waals surface area contributed by atoms with Crippen molar-refractivity contribution in [2.24, 2.45) is 11.8 Å². The molecular formula is C15H21F2NO. The Morgan fingerprint density at radius 2 is 1.95 bits per heavy atom. The molecule has 4 atom stereocenters. The molecule has 0 amide bonds. The molecule has 1 aliphatic rings. The number of halogens is 2. The number of hydrogen-bond donors (Lipinski definition) is 1. The van der Waals surface area contributed by atoms with Gasteiger partial charge in [0.2, 0.25) is 0 Å². The summed E-state index contributed by atoms with van der Waals surface area (Å²) in [6.45, 7) is 4.33. The molecule has 1 aromatic carbocycles. The van der Waals surface area contributed by atoms with Crippen molar-refractivity contribution in [3.05, 3.63) is 29.8 Å². The zero-order chi connectivity index (χ0) is 14.0. The third kappa shape index (κ3) is 3.24. The standard InChI is InChI=1S/C15H21F2NO/c1-9-6-10(2)15(13(7-9)18-3)19-14-5-4-11(16)8-12(14)17/h4-5,8-10,13,15,18H,6-7H2,1-3H3. The van der Waals surface area contributed by atoms with Gasteiger partial charge >= 0.3 is 0 Å². The molecule has 0 aliphatic heterocycles. The number of ether oxygens (including phenoxy) is 1. The monoisotopic (exact) mass is 269 g/mol. The van der Waals surface area contributed by atoms with Gasteiger partial charge in [0.05, 0.1) is 0 Å². The first-order valence-corrected chi connectivity index (χ1v) is 6.80. The lowest BCUT2D eigenvalue weighted by Gasteiger charge is -2.39. The summed E-state index contributed by atoms with van der Waals surface area (Å²) in [6, 6.07) is 3.65. The molecule has 0 heterocycles. The molecule has 4 unspecified atom stereocenters. The van der Waals surface area contributed by atoms with Gasteiger partial charge in [-0.15, -0.1) is 0 Å². The van der Waals surface area contributed by atoms with Crippen LogP contribution in [0.15, 0.2) is 18.2 Å². The second-order valence-electron chi connectivity index (χ2n) is 5.61. The van der Waals surface area contributed by atoms with E-state index in [-0.39, 0.29) is 17.9 Å². The van der Waals surface area contributed by atoms with Crippen molar-refractivity contribution in [1.29, 1.82) is 0 Å². The lowest BCUT2D eigenvalue weighted by atomic mass is 9.78. The molecule has 2 nitrogen and oxygen atoms in total. The Labute approximate surface area is 113 Å². The summed E-state index contributed by atoms with van der Waals surface area (Å²) < 4.78 is 32.3. The van der Waals surface area contributed by atoms with Gasteiger partial charge in [-0.2, -0.15) is 0 Å². The molecule has 4 heteroatoms. The summed E-state index contributed by atoms with van der Waals surface area (Å²) in [5, 5.41) is 3.24. The fourth-order valence-corrected chi connectivity index (χ4v) is 3.03. The van der Waals surface area contributed by atoms with Crippen LogP contribution in [-0.2, 0) is 0 Å². The van der Waals surface area contributed by atoms with Crippen molar-refractivity contribution in [2.45, 2.75) is 38.8 Å². The van der Waals surface area contributed by atoms with E-state index in [0.29, 0.717) is 11.8 Å². The SMILES string of the molecule is CNC1CC(C)CC(C)C1Oc1ccc(F)cc1F. The van der Waals surface area contributed by atoms with Crippen LogP contribution in [0.2, 0.25) is 0 Å². The molecule has 1 aromatic rings. The molecule has 0 saturated heterocycles. The van der Waals surface area contributed by atoms with E-state index in [1.165, 1.54) is 12.1 Å². The van der Waals surface area contributed by atoms with Crippen LogP contribution in [0.3, 0.4) is 0 Å². The number of rotatable bonds is 3. The second-order valence-corrected chi connectivity index (χ2v) is 5.61. The molecule has 1 fully saturated rings. The normalized spacial score (nSPS) is 31.2. The highest BCUT2D eigenvalue weighted by Gasteiger charge is 2.35. The van der Waals surface area contributed by atoms with E-state index < -0.39 is 11.6 Å². The maximum atomic E-state index is 13.7. The zero-order valence-electron chi connectivity index (χ0n) is 11.6. The fourth-order valence-electron chi connectivity index (χ4n) is 3.03. The molecule has 106 valence electrons. The van der Waals surface area contributed by atoms with Crippen LogP contribution >= 0.6 is 0 Å². The largest absolute Gasteiger partial charge is 0.485 e. The molecule has 1 N–H and O–H groups in total. The fraction of sp³-hybridized carbons (Fsp3) is 0.600. The van der Waals surface area contributed by atoms with Crippen LogP contribution in [0.1, 0.15) is 26.7 Å². The van der Waals surface area contributed by atoms with Crippen molar-refractivity contribution in [3.8, 4) is 5.75 Å². The summed E-state index contributed by atoms with van der Waals surface area (Å²) in [5.41, 5.74) is 0. The molecule has 0 bridgehead atoms. The molecule has 0 radical (unpaired) electrons. The highest BCUT2D eigenvalue weighted by atomic mass is 19.1. The van der Waals surface area contributed by atoms with E-state index in [1.54, 1.807) is 0 Å². The van der Waals surface area contributed by atoms with Gasteiger partial charge in [0.25, 0.3) is 0 Å². The minimum absolute atomic E-state index is 0.0823. The van der Waals surface area contributed by atoms with Crippen LogP contribution < -0.4 is 10.1 Å². The molecule has 19 heavy (non-hydrogen) atoms. The first-order valence-electron chi connectivity index (χ1n) is 6.80. The average Bonchev–Trinajstić information content (AvgIpc) is 2.34. The third-order valence-corrected chi connectivity index (χ3v) is 3.92. The summed E-state index contributed by atoms with van der Waals surface area (Å²) in [6.07, 6.45) is 1.99. The lowest BCUT2D eigenvalue weighted by Crippen LogP contribution is -2.49. The number of nitrogens with one attached hydrogen (secondary N) is 1. The minimum atomic E-state index is -0.638. The Morgan fingerprint density at radius 1 is 1.21 bits per heavy atom. The van der Waals surface area contributed by atoms with Crippen molar-refractivity contribution in [2.75, 3.05) is 7.05 Å². The Balaban J connectivity index is 2.15. The lowest BCUT2D eigenvalue weighted by molar-refractivity contribution is 0.0476. The molecular weight excluding hydrogens is 248 g/mol. The first kappa shape index (κ1) is 14.3. The highest BCUT2D eigenvalue weighted by molar-refractivity contribution is 5.25. The second kappa shape index (κ2) is 5.87. The van der Waals surface area contributed by atoms with E-state index >= 15 is 0 Å². The highest BCUT2D eigenvalue weighted by Crippen LogP contribution is 2.32. The Kier molecular flexibility index (Phi) is 4.40. The summed E-state index contributed by atoms with van der Waals surface area (Å²) in [7, 11) is 1.90. The molecule has 1 aliphatic carbocycles. The smallest absolute Gasteiger partial charge is 0.167 e. The van der Waals surface area contributed by atoms with E-state index in [0.717, 1.165) is 18.9 Å². The molecule has 0 aromatic heterocycles. The average molecular weight is 269 g/mol. The Bertz CT molecular complexity index is 438. The topological polar surface area (TPSA) is 21.3 Å². The van der Waals surface area contributed by atoms with Crippen molar-refractivity contribution < 1.29 is 13.5 Å². The van der Waals surface area contributed by atoms with Crippen LogP contribution in [0.5, 0.6) is 5.75 Å². The summed E-state index contributed by atoms with van der Waals surface area (Å²) in [4.78, 5) is 0. The van der Waals surface area contributed by atoms with Gasteiger partial charge in [0.1, 0.15) is 11.9 Å². The van der Waals surface area contributed by atoms with Crippen LogP contribution in [0, 0.1) is 23.5 Å². The van der Waals surface area contributed by atoms with Crippen LogP contribution in [-0.4, -0.2) is 19.2 Å². The summed E-state index contributed by atoms with van der Waals surface area (Å²) >= 11 is 0. The van der Waals surface area contributed by atoms with Gasteiger partial charge < -0.3 is 10.1 Å². The summed E-state index contributed by atoms with van der Waals surface area (Å²) in [5.74, 6) is -0.120. The minimum Gasteiger partial charge on any atom is -0.485 e. The molecule has 1 saturated carbocycles. The van der Waals surface area contributed by atoms with Crippen LogP contribution in [0.4, 0.5) is 8.78 Å². The van der Waals surface area contributed by atoms with Gasteiger partial charge in [0.15, 0.2) is 11.6 Å². The van der Waals surface area contributed by atoms with Crippen molar-refractivity contribution in [3.63, 3.8) is 0 Å². The van der Waals surface area contributed by atoms with E-state index in [1.807, 2.05) is 7.05 Å². The van der Waals surface area contributed by atoms with Gasteiger partial charge in [-0.05, 0) is 43.9 Å². The van der Waals surface area contributed by atoms with Crippen molar-refractivity contribution in [1.82, 2.24) is 5.32 Å². The quantitative estimate of drug-likeness (QED) is 0.908. The van der Waals surface area contributed by atoms with Gasteiger partial charge in [-0.3, -0.25) is 0 Å².